The van der Waals surface area contributed by atoms with Crippen LogP contribution in [0.2, 0.25) is 0 Å². The molecule has 582 valence electrons. The fourth-order valence-corrected chi connectivity index (χ4v) is 5.95. The normalized spacial score (nSPS) is 8.98. The molecule has 1 heterocycles. The number of ether oxygens (including phenoxy) is 6. The number of benzene rings is 6. The summed E-state index contributed by atoms with van der Waals surface area (Å²) in [4.78, 5) is 87.5. The average Bonchev–Trinajstić information content (AvgIpc) is 0.885. The van der Waals surface area contributed by atoms with Crippen molar-refractivity contribution in [1.82, 2.24) is 15.0 Å². The third kappa shape index (κ3) is 62.0. The minimum absolute atomic E-state index is 0.00126. The number of aromatic nitrogens is 3. The molecule has 7 aromatic rings. The molecular formula is C80H110N10O17. The molecule has 1 aromatic heterocycles. The average molecular weight is 1480 g/mol. The van der Waals surface area contributed by atoms with Gasteiger partial charge in [0.15, 0.2) is 0 Å². The molecule has 0 saturated carbocycles. The lowest BCUT2D eigenvalue weighted by Gasteiger charge is -2.07. The van der Waals surface area contributed by atoms with Gasteiger partial charge in [-0.1, -0.05) is 198 Å². The first-order chi connectivity index (χ1) is 50.9. The van der Waals surface area contributed by atoms with E-state index in [9.17, 15) is 33.6 Å². The van der Waals surface area contributed by atoms with Crippen molar-refractivity contribution in [1.29, 1.82) is 0 Å². The monoisotopic (exact) mass is 1480 g/mol. The minimum Gasteiger partial charge on any atom is -0.462 e. The van der Waals surface area contributed by atoms with Crippen molar-refractivity contribution in [2.75, 3.05) is 85.3 Å². The summed E-state index contributed by atoms with van der Waals surface area (Å²) in [5.41, 5.74) is 43.4. The molecule has 27 heteroatoms. The Kier molecular flexibility index (Phi) is 69.8. The van der Waals surface area contributed by atoms with E-state index >= 15 is 0 Å². The Hall–Kier alpha value is -12.3. The molecule has 0 aliphatic heterocycles. The number of hydrogen-bond donors (Lipinski definition) is 11. The second-order valence-electron chi connectivity index (χ2n) is 20.0. The molecule has 1 unspecified atom stereocenters. The summed E-state index contributed by atoms with van der Waals surface area (Å²) in [6, 6.07) is 52.7. The number of hydrogen-bond acceptors (Lipinski definition) is 26. The predicted molar refractivity (Wildman–Crippen MR) is 427 cm³/mol. The number of carbonyl (C=O) groups excluding carboxylic acids is 7. The number of nitrogens with zero attached hydrogens (tertiary/aromatic N) is 3. The first-order valence-electron chi connectivity index (χ1n) is 31.9. The van der Waals surface area contributed by atoms with Crippen LogP contribution in [-0.4, -0.2) is 151 Å². The molecule has 0 fully saturated rings. The Labute approximate surface area is 629 Å². The number of anilines is 3. The number of para-hydroxylation sites is 1. The number of amides is 1. The highest BCUT2D eigenvalue weighted by atomic mass is 16.6. The maximum atomic E-state index is 11.7. The summed E-state index contributed by atoms with van der Waals surface area (Å²) < 4.78 is 28.5. The maximum absolute atomic E-state index is 11.7. The van der Waals surface area contributed by atoms with Crippen molar-refractivity contribution >= 4 is 77.5 Å². The lowest BCUT2D eigenvalue weighted by molar-refractivity contribution is -0.142. The van der Waals surface area contributed by atoms with Gasteiger partial charge >= 0.3 is 35.8 Å². The number of carbonyl (C=O) groups is 7. The van der Waals surface area contributed by atoms with Gasteiger partial charge in [0.1, 0.15) is 44.2 Å². The number of rotatable bonds is 21. The quantitative estimate of drug-likeness (QED) is 0.00606. The van der Waals surface area contributed by atoms with Gasteiger partial charge in [0.2, 0.25) is 17.8 Å². The summed E-state index contributed by atoms with van der Waals surface area (Å²) >= 11 is 0. The molecule has 18 N–H and O–H groups in total. The fraction of sp³-hybridized carbons (Fsp3) is 0.225. The van der Waals surface area contributed by atoms with Crippen LogP contribution in [0.3, 0.4) is 0 Å². The molecule has 1 atom stereocenters. The third-order valence-corrected chi connectivity index (χ3v) is 10.9. The van der Waals surface area contributed by atoms with Crippen molar-refractivity contribution in [2.24, 2.45) is 22.9 Å². The number of esters is 6. The van der Waals surface area contributed by atoms with E-state index < -0.39 is 36.0 Å². The van der Waals surface area contributed by atoms with Crippen LogP contribution in [0.4, 0.5) is 17.6 Å². The first kappa shape index (κ1) is 106. The van der Waals surface area contributed by atoms with Crippen molar-refractivity contribution in [3.63, 3.8) is 0 Å². The lowest BCUT2D eigenvalue weighted by atomic mass is 10.1. The van der Waals surface area contributed by atoms with E-state index in [4.69, 9.17) is 73.8 Å². The van der Waals surface area contributed by atoms with Gasteiger partial charge < -0.3 is 83.2 Å². The molecule has 6 aromatic carbocycles. The SMILES string of the molecule is C=C(C)C(=O)OCC(O)CN.C=C(C)C(=O)OCCOC(=O)c1cc(C)cc(N)c1.C=C(C)C(=O)OCCc1nc(N)nc(N)n1.C=C(C)C(=O)OCN.C=C(C)C(=O)Oc1ccccc1.C=Cc1ccccc1.C=Cc1ccccc1.C=Cc1ccccc1.CN.CO.CO.CO.NC(=O)c1ccccc1. The number of nitrogens with two attached hydrogens (primary N) is 7. The number of primary amides is 1. The summed E-state index contributed by atoms with van der Waals surface area (Å²) in [6.07, 6.45) is 5.05. The first-order valence-corrected chi connectivity index (χ1v) is 31.9. The molecule has 0 saturated heterocycles. The number of aryl methyl sites for hydroxylation is 1. The Morgan fingerprint density at radius 1 is 0.449 bits per heavy atom. The zero-order valence-corrected chi connectivity index (χ0v) is 63.1. The van der Waals surface area contributed by atoms with Gasteiger partial charge in [0.05, 0.1) is 12.2 Å². The molecule has 0 aliphatic rings. The van der Waals surface area contributed by atoms with E-state index in [1.54, 1.807) is 88.4 Å². The Morgan fingerprint density at radius 3 is 1.09 bits per heavy atom. The van der Waals surface area contributed by atoms with Crippen molar-refractivity contribution in [3.05, 3.63) is 290 Å². The topological polar surface area (TPSA) is 477 Å². The van der Waals surface area contributed by atoms with Crippen LogP contribution < -0.4 is 44.9 Å². The van der Waals surface area contributed by atoms with Crippen LogP contribution in [0.5, 0.6) is 5.75 Å². The zero-order chi connectivity index (χ0) is 83.1. The highest BCUT2D eigenvalue weighted by Gasteiger charge is 2.11. The van der Waals surface area contributed by atoms with Crippen LogP contribution >= 0.6 is 0 Å². The minimum atomic E-state index is -0.779. The van der Waals surface area contributed by atoms with Crippen LogP contribution in [0, 0.1) is 6.92 Å². The van der Waals surface area contributed by atoms with Crippen LogP contribution in [0.25, 0.3) is 18.2 Å². The molecule has 107 heavy (non-hydrogen) atoms. The van der Waals surface area contributed by atoms with Gasteiger partial charge in [-0.05, 0) is 113 Å². The highest BCUT2D eigenvalue weighted by Crippen LogP contribution is 2.13. The van der Waals surface area contributed by atoms with Gasteiger partial charge in [0, 0.05) is 73.4 Å². The molecule has 0 spiro atoms. The van der Waals surface area contributed by atoms with Gasteiger partial charge in [-0.15, -0.1) is 0 Å². The number of aliphatic hydroxyl groups is 4. The highest BCUT2D eigenvalue weighted by molar-refractivity contribution is 5.93. The largest absolute Gasteiger partial charge is 0.462 e. The van der Waals surface area contributed by atoms with Gasteiger partial charge in [0.25, 0.3) is 0 Å². The third-order valence-electron chi connectivity index (χ3n) is 10.9. The van der Waals surface area contributed by atoms with E-state index in [1.807, 2.05) is 128 Å². The predicted octanol–water partition coefficient (Wildman–Crippen LogP) is 9.34. The Morgan fingerprint density at radius 2 is 0.785 bits per heavy atom. The van der Waals surface area contributed by atoms with Crippen LogP contribution in [0.15, 0.2) is 250 Å². The summed E-state index contributed by atoms with van der Waals surface area (Å²) in [5.74, 6) is -2.12. The van der Waals surface area contributed by atoms with E-state index in [-0.39, 0.29) is 63.5 Å². The van der Waals surface area contributed by atoms with Gasteiger partial charge in [-0.25, -0.2) is 28.8 Å². The lowest BCUT2D eigenvalue weighted by Crippen LogP contribution is -2.26. The van der Waals surface area contributed by atoms with E-state index in [0.717, 1.165) is 26.9 Å². The van der Waals surface area contributed by atoms with Crippen molar-refractivity contribution in [3.8, 4) is 5.75 Å². The molecule has 27 nitrogen and oxygen atoms in total. The molecule has 7 rings (SSSR count). The molecular weight excluding hydrogens is 1370 g/mol. The van der Waals surface area contributed by atoms with Crippen LogP contribution in [-0.2, 0) is 54.1 Å². The Bertz CT molecular complexity index is 3540. The summed E-state index contributed by atoms with van der Waals surface area (Å²) in [7, 11) is 4.50. The maximum Gasteiger partial charge on any atom is 0.338 e. The van der Waals surface area contributed by atoms with Gasteiger partial charge in [-0.3, -0.25) is 10.5 Å². The van der Waals surface area contributed by atoms with Crippen molar-refractivity contribution in [2.45, 2.75) is 54.1 Å². The zero-order valence-electron chi connectivity index (χ0n) is 63.1. The second kappa shape index (κ2) is 70.7. The molecule has 0 radical (unpaired) electrons. The van der Waals surface area contributed by atoms with E-state index in [2.05, 4.69) is 82.8 Å². The molecule has 0 aliphatic carbocycles. The number of nitrogen functional groups attached to an aromatic ring is 3. The smallest absolute Gasteiger partial charge is 0.338 e. The fourth-order valence-electron chi connectivity index (χ4n) is 5.95. The second-order valence-corrected chi connectivity index (χ2v) is 20.0. The molecule has 0 bridgehead atoms. The van der Waals surface area contributed by atoms with Crippen LogP contribution in [0.1, 0.15) is 83.4 Å². The van der Waals surface area contributed by atoms with E-state index in [0.29, 0.717) is 62.7 Å². The molecule has 1 amide bonds. The standard InChI is InChI=1S/C14H17NO4.C10H10O2.C9H13N5O2.3C8H8.C7H13NO3.C7H7NO.C5H9NO2.CH5N.3CH4O/c1-9(2)13(16)18-4-5-19-14(17)11-6-10(3)7-12(15)8-11;1-8(2)10(11)12-9-6-4-3-5-7-9;1-5(2)7(15)16-4-3-6-12-8(10)14-9(11)13-6;3*1-2-8-6-4-3-5-7-8;1-5(2)7(10)11-4-6(9)3-8;8-7(9)6-4-2-1-3-5-6;1-4(2)5(7)8-3-6;4*1-2/h6-8H,1,4-5,15H2,2-3H3;3-7H,1H2,2H3;1,3-4H2,2H3,(H4,10,11,12,13,14);3*2-7H,1H2;6,9H,1,3-4,8H2,2H3;1-5H,(H2,8,9);1,3,6H2,2H3;2H2,1H3;3*2H,1H3. The Balaban J connectivity index is -0.000000269. The van der Waals surface area contributed by atoms with Crippen molar-refractivity contribution < 1.29 is 82.4 Å². The van der Waals surface area contributed by atoms with E-state index in [1.165, 1.54) is 36.7 Å². The summed E-state index contributed by atoms with van der Waals surface area (Å²) in [5, 5.41) is 29.9. The van der Waals surface area contributed by atoms with Gasteiger partial charge in [-0.2, -0.15) is 15.0 Å². The number of aliphatic hydroxyl groups excluding tert-OH is 4. The summed E-state index contributed by atoms with van der Waals surface area (Å²) in [6.45, 7) is 37.7.